The number of carbonyl (C=O) groups is 2. The molecule has 0 radical (unpaired) electrons. The number of esters is 2. The molecule has 9 nitrogen and oxygen atoms in total. The number of rotatable bonds is 35. The molecule has 3 N–H and O–H groups in total. The first kappa shape index (κ1) is 51.9. The third-order valence-electron chi connectivity index (χ3n) is 13.4. The highest BCUT2D eigenvalue weighted by atomic mass is 16.7. The third kappa shape index (κ3) is 23.9. The molecular formula is C48H92N2O7. The van der Waals surface area contributed by atoms with Gasteiger partial charge < -0.3 is 29.7 Å². The lowest BCUT2D eigenvalue weighted by Crippen LogP contribution is -2.52. The molecule has 2 unspecified atom stereocenters. The summed E-state index contributed by atoms with van der Waals surface area (Å²) in [6.07, 6.45) is 32.3. The van der Waals surface area contributed by atoms with Crippen molar-refractivity contribution < 1.29 is 34.4 Å². The van der Waals surface area contributed by atoms with Crippen molar-refractivity contribution >= 4 is 11.9 Å². The first-order valence-corrected chi connectivity index (χ1v) is 24.5. The molecule has 336 valence electrons. The average molecular weight is 809 g/mol. The zero-order valence-corrected chi connectivity index (χ0v) is 37.8. The molecule has 0 saturated carbocycles. The second kappa shape index (κ2) is 31.6. The minimum atomic E-state index is -2.59. The second-order valence-corrected chi connectivity index (χ2v) is 18.4. The summed E-state index contributed by atoms with van der Waals surface area (Å²) in [5.41, 5.74) is 0.279. The zero-order chi connectivity index (χ0) is 41.6. The van der Waals surface area contributed by atoms with E-state index in [-0.39, 0.29) is 54.9 Å². The summed E-state index contributed by atoms with van der Waals surface area (Å²) in [6, 6.07) is -0.143. The fourth-order valence-electron chi connectivity index (χ4n) is 9.24. The molecule has 1 spiro atoms. The van der Waals surface area contributed by atoms with E-state index in [1.807, 2.05) is 0 Å². The van der Waals surface area contributed by atoms with Crippen LogP contribution < -0.4 is 0 Å². The Morgan fingerprint density at radius 2 is 0.877 bits per heavy atom. The maximum absolute atomic E-state index is 13.8. The minimum Gasteiger partial charge on any atom is -0.464 e. The second-order valence-electron chi connectivity index (χ2n) is 18.4. The van der Waals surface area contributed by atoms with Crippen molar-refractivity contribution in [3.05, 3.63) is 0 Å². The molecular weight excluding hydrogens is 717 g/mol. The Hall–Kier alpha value is -1.26. The first-order chi connectivity index (χ1) is 27.6. The molecule has 0 aromatic carbocycles. The monoisotopic (exact) mass is 809 g/mol. The number of likely N-dealkylation sites (tertiary alicyclic amines) is 2. The van der Waals surface area contributed by atoms with Crippen molar-refractivity contribution in [2.75, 3.05) is 45.9 Å². The number of carbonyl (C=O) groups excluding carboxylic acids is 2. The first-order valence-electron chi connectivity index (χ1n) is 24.5. The summed E-state index contributed by atoms with van der Waals surface area (Å²) in [5.74, 6) is -2.82. The maximum Gasteiger partial charge on any atom is 0.308 e. The fraction of sp³-hybridized carbons (Fsp3) is 0.958. The van der Waals surface area contributed by atoms with Gasteiger partial charge in [0.1, 0.15) is 13.2 Å². The van der Waals surface area contributed by atoms with E-state index in [1.54, 1.807) is 0 Å². The van der Waals surface area contributed by atoms with Crippen LogP contribution in [0.5, 0.6) is 0 Å². The Kier molecular flexibility index (Phi) is 28.8. The number of unbranched alkanes of at least 4 members (excludes halogenated alkanes) is 16. The summed E-state index contributed by atoms with van der Waals surface area (Å²) in [7, 11) is 0. The highest BCUT2D eigenvalue weighted by molar-refractivity contribution is 5.73. The molecule has 0 aromatic heterocycles. The van der Waals surface area contributed by atoms with Crippen molar-refractivity contribution in [3.8, 4) is 0 Å². The minimum absolute atomic E-state index is 0.0442. The Balaban J connectivity index is 2.08. The number of aliphatic hydroxyl groups is 3. The molecule has 0 aromatic rings. The normalized spacial score (nSPS) is 18.1. The maximum atomic E-state index is 13.8. The SMILES string of the molecule is CCCCCCCCC(CCCCCC)C(=O)OCC(COC(=O)C(CCCCCC)CCCCCCCC)N1CCC2(CCN(CCCC(O)(O)O)CC2)CC1. The molecule has 0 bridgehead atoms. The molecule has 0 aliphatic carbocycles. The highest BCUT2D eigenvalue weighted by Gasteiger charge is 2.39. The predicted octanol–water partition coefficient (Wildman–Crippen LogP) is 10.7. The Morgan fingerprint density at radius 3 is 1.26 bits per heavy atom. The standard InChI is InChI=1S/C48H92N2O7/c1-5-9-13-17-19-23-28-42(26-21-15-11-7-3)45(51)56-40-44(41-57-46(52)43(27-22-16-12-8-4)29-24-20-18-14-10-6-2)50-38-33-47(34-39-50)31-36-49(37-32-47)35-25-30-48(53,54)55/h42-44,53-55H,5-41H2,1-4H3. The van der Waals surface area contributed by atoms with Crippen molar-refractivity contribution in [3.63, 3.8) is 0 Å². The highest BCUT2D eigenvalue weighted by Crippen LogP contribution is 2.42. The smallest absolute Gasteiger partial charge is 0.308 e. The van der Waals surface area contributed by atoms with E-state index in [0.717, 1.165) is 123 Å². The summed E-state index contributed by atoms with van der Waals surface area (Å²) < 4.78 is 12.5. The molecule has 2 aliphatic rings. The van der Waals surface area contributed by atoms with E-state index in [2.05, 4.69) is 37.5 Å². The largest absolute Gasteiger partial charge is 0.464 e. The fourth-order valence-corrected chi connectivity index (χ4v) is 9.24. The lowest BCUT2D eigenvalue weighted by molar-refractivity contribution is -0.315. The van der Waals surface area contributed by atoms with Crippen LogP contribution >= 0.6 is 0 Å². The molecule has 2 rings (SSSR count). The van der Waals surface area contributed by atoms with Gasteiger partial charge in [-0.25, -0.2) is 0 Å². The Bertz CT molecular complexity index is 938. The molecule has 9 heteroatoms. The van der Waals surface area contributed by atoms with Crippen LogP contribution in [0.15, 0.2) is 0 Å². The van der Waals surface area contributed by atoms with Crippen LogP contribution in [0.25, 0.3) is 0 Å². The van der Waals surface area contributed by atoms with Gasteiger partial charge >= 0.3 is 11.9 Å². The van der Waals surface area contributed by atoms with Crippen LogP contribution in [-0.2, 0) is 19.1 Å². The lowest BCUT2D eigenvalue weighted by Gasteiger charge is -2.48. The van der Waals surface area contributed by atoms with E-state index in [0.29, 0.717) is 6.42 Å². The van der Waals surface area contributed by atoms with E-state index in [4.69, 9.17) is 9.47 Å². The van der Waals surface area contributed by atoms with Crippen LogP contribution in [0.3, 0.4) is 0 Å². The van der Waals surface area contributed by atoms with Crippen LogP contribution in [0.2, 0.25) is 0 Å². The summed E-state index contributed by atoms with van der Waals surface area (Å²) in [6.45, 7) is 14.0. The van der Waals surface area contributed by atoms with E-state index >= 15 is 0 Å². The van der Waals surface area contributed by atoms with Gasteiger partial charge in [-0.2, -0.15) is 0 Å². The molecule has 2 saturated heterocycles. The van der Waals surface area contributed by atoms with Gasteiger partial charge in [-0.15, -0.1) is 0 Å². The van der Waals surface area contributed by atoms with Gasteiger partial charge in [-0.3, -0.25) is 14.5 Å². The number of nitrogens with zero attached hydrogens (tertiary/aromatic N) is 2. The summed E-state index contributed by atoms with van der Waals surface area (Å²) >= 11 is 0. The Morgan fingerprint density at radius 1 is 0.526 bits per heavy atom. The quantitative estimate of drug-likeness (QED) is 0.0326. The number of hydrogen-bond acceptors (Lipinski definition) is 9. The van der Waals surface area contributed by atoms with Gasteiger partial charge in [-0.1, -0.05) is 156 Å². The molecule has 2 heterocycles. The van der Waals surface area contributed by atoms with Crippen LogP contribution in [0.1, 0.15) is 220 Å². The summed E-state index contributed by atoms with van der Waals surface area (Å²) in [5, 5.41) is 27.8. The Labute approximate surface area is 350 Å². The van der Waals surface area contributed by atoms with Crippen molar-refractivity contribution in [2.45, 2.75) is 232 Å². The molecule has 2 fully saturated rings. The molecule has 2 atom stereocenters. The number of ether oxygens (including phenoxy) is 2. The number of piperidine rings is 2. The van der Waals surface area contributed by atoms with E-state index < -0.39 is 5.97 Å². The van der Waals surface area contributed by atoms with Crippen molar-refractivity contribution in [1.29, 1.82) is 0 Å². The number of hydrogen-bond donors (Lipinski definition) is 3. The lowest BCUT2D eigenvalue weighted by atomic mass is 9.71. The summed E-state index contributed by atoms with van der Waals surface area (Å²) in [4.78, 5) is 32.4. The van der Waals surface area contributed by atoms with Crippen molar-refractivity contribution in [1.82, 2.24) is 9.80 Å². The zero-order valence-electron chi connectivity index (χ0n) is 37.8. The van der Waals surface area contributed by atoms with E-state index in [9.17, 15) is 24.9 Å². The van der Waals surface area contributed by atoms with Gasteiger partial charge in [0.15, 0.2) is 0 Å². The van der Waals surface area contributed by atoms with Crippen LogP contribution in [0, 0.1) is 17.3 Å². The van der Waals surface area contributed by atoms with Crippen molar-refractivity contribution in [2.24, 2.45) is 17.3 Å². The van der Waals surface area contributed by atoms with Crippen LogP contribution in [0.4, 0.5) is 0 Å². The van der Waals surface area contributed by atoms with E-state index in [1.165, 1.54) is 89.9 Å². The molecule has 57 heavy (non-hydrogen) atoms. The topological polar surface area (TPSA) is 120 Å². The van der Waals surface area contributed by atoms with Gasteiger partial charge in [-0.05, 0) is 95.9 Å². The predicted molar refractivity (Wildman–Crippen MR) is 234 cm³/mol. The third-order valence-corrected chi connectivity index (χ3v) is 13.4. The van der Waals surface area contributed by atoms with Gasteiger partial charge in [0.25, 0.3) is 5.97 Å². The molecule has 0 amide bonds. The van der Waals surface area contributed by atoms with Crippen LogP contribution in [-0.4, -0.2) is 95.0 Å². The van der Waals surface area contributed by atoms with Gasteiger partial charge in [0, 0.05) is 6.42 Å². The van der Waals surface area contributed by atoms with Gasteiger partial charge in [0.2, 0.25) is 0 Å². The van der Waals surface area contributed by atoms with Gasteiger partial charge in [0.05, 0.1) is 17.9 Å². The average Bonchev–Trinajstić information content (AvgIpc) is 3.19. The molecule has 2 aliphatic heterocycles.